The van der Waals surface area contributed by atoms with Gasteiger partial charge >= 0.3 is 0 Å². The predicted molar refractivity (Wildman–Crippen MR) is 126 cm³/mol. The molecule has 1 atom stereocenters. The van der Waals surface area contributed by atoms with E-state index in [2.05, 4.69) is 25.6 Å². The molecule has 0 bridgehead atoms. The number of thioether (sulfide) groups is 1. The van der Waals surface area contributed by atoms with Crippen molar-refractivity contribution in [1.82, 2.24) is 20.3 Å². The first-order chi connectivity index (χ1) is 16.5. The molecule has 2 aromatic heterocycles. The molecule has 0 spiro atoms. The lowest BCUT2D eigenvalue weighted by molar-refractivity contribution is -0.141. The van der Waals surface area contributed by atoms with Crippen LogP contribution in [-0.4, -0.2) is 76.7 Å². The molecule has 2 amide bonds. The van der Waals surface area contributed by atoms with Crippen LogP contribution in [0.15, 0.2) is 39.2 Å². The van der Waals surface area contributed by atoms with Crippen LogP contribution in [0.3, 0.4) is 0 Å². The number of anilines is 2. The smallest absolute Gasteiger partial charge is 0.267 e. The van der Waals surface area contributed by atoms with Gasteiger partial charge in [-0.3, -0.25) is 9.59 Å². The van der Waals surface area contributed by atoms with Crippen LogP contribution in [-0.2, 0) is 9.59 Å². The van der Waals surface area contributed by atoms with Gasteiger partial charge in [-0.15, -0.1) is 10.2 Å². The Labute approximate surface area is 203 Å². The van der Waals surface area contributed by atoms with Crippen LogP contribution < -0.4 is 19.7 Å². The number of benzene rings is 1. The highest BCUT2D eigenvalue weighted by Gasteiger charge is 2.33. The first-order valence-electron chi connectivity index (χ1n) is 10.7. The number of hydrogen-bond donors (Lipinski definition) is 1. The quantitative estimate of drug-likeness (QED) is 0.501. The minimum atomic E-state index is -0.640. The lowest BCUT2D eigenvalue weighted by Crippen LogP contribution is -2.54. The summed E-state index contributed by atoms with van der Waals surface area (Å²) in [5, 5.41) is 15.6. The molecule has 1 saturated heterocycles. The largest absolute Gasteiger partial charge is 0.485 e. The summed E-state index contributed by atoms with van der Waals surface area (Å²) in [5.74, 6) is 2.19. The molecule has 13 heteroatoms. The van der Waals surface area contributed by atoms with E-state index in [9.17, 15) is 9.59 Å². The van der Waals surface area contributed by atoms with Crippen LogP contribution in [0.25, 0.3) is 0 Å². The third kappa shape index (κ3) is 5.09. The SMILES string of the molecule is Cc1cc(NC(=O)CSc2nnc(N3CCN(C(=O)C4COc5ccccc5O4)CC3)s2)no1. The molecule has 1 unspecified atom stereocenters. The number of carbonyl (C=O) groups is 2. The first kappa shape index (κ1) is 22.5. The average molecular weight is 503 g/mol. The van der Waals surface area contributed by atoms with E-state index in [1.165, 1.54) is 23.1 Å². The summed E-state index contributed by atoms with van der Waals surface area (Å²) in [7, 11) is 0. The predicted octanol–water partition coefficient (Wildman–Crippen LogP) is 2.05. The van der Waals surface area contributed by atoms with E-state index < -0.39 is 6.10 Å². The molecule has 5 rings (SSSR count). The molecule has 1 aromatic carbocycles. The van der Waals surface area contributed by atoms with Gasteiger partial charge in [-0.2, -0.15) is 0 Å². The second-order valence-electron chi connectivity index (χ2n) is 7.69. The lowest BCUT2D eigenvalue weighted by Gasteiger charge is -2.36. The molecule has 34 heavy (non-hydrogen) atoms. The number of amides is 2. The molecule has 4 heterocycles. The number of aromatic nitrogens is 3. The Morgan fingerprint density at radius 2 is 1.97 bits per heavy atom. The maximum Gasteiger partial charge on any atom is 0.267 e. The fourth-order valence-corrected chi connectivity index (χ4v) is 5.28. The van der Waals surface area contributed by atoms with E-state index in [1.54, 1.807) is 24.0 Å². The molecular formula is C21H22N6O5S2. The van der Waals surface area contributed by atoms with Gasteiger partial charge < -0.3 is 29.1 Å². The van der Waals surface area contributed by atoms with Crippen molar-refractivity contribution in [2.75, 3.05) is 48.8 Å². The van der Waals surface area contributed by atoms with Crippen molar-refractivity contribution in [2.45, 2.75) is 17.4 Å². The Bertz CT molecular complexity index is 1180. The molecule has 2 aliphatic heterocycles. The van der Waals surface area contributed by atoms with Gasteiger partial charge in [-0.05, 0) is 19.1 Å². The summed E-state index contributed by atoms with van der Waals surface area (Å²) in [6, 6.07) is 9.01. The third-order valence-electron chi connectivity index (χ3n) is 5.26. The van der Waals surface area contributed by atoms with Crippen LogP contribution >= 0.6 is 23.1 Å². The number of nitrogens with one attached hydrogen (secondary N) is 1. The number of fused-ring (bicyclic) bond motifs is 1. The Morgan fingerprint density at radius 1 is 1.18 bits per heavy atom. The fourth-order valence-electron chi connectivity index (χ4n) is 3.58. The molecule has 0 aliphatic carbocycles. The van der Waals surface area contributed by atoms with Crippen molar-refractivity contribution in [3.05, 3.63) is 36.1 Å². The highest BCUT2D eigenvalue weighted by atomic mass is 32.2. The summed E-state index contributed by atoms with van der Waals surface area (Å²) < 4.78 is 17.2. The molecule has 11 nitrogen and oxygen atoms in total. The van der Waals surface area contributed by atoms with Gasteiger partial charge in [0.1, 0.15) is 12.4 Å². The van der Waals surface area contributed by atoms with Crippen molar-refractivity contribution < 1.29 is 23.6 Å². The van der Waals surface area contributed by atoms with E-state index in [0.29, 0.717) is 53.6 Å². The number of piperazine rings is 1. The van der Waals surface area contributed by atoms with Gasteiger partial charge in [0.05, 0.1) is 5.75 Å². The summed E-state index contributed by atoms with van der Waals surface area (Å²) in [6.45, 7) is 4.36. The maximum atomic E-state index is 12.9. The number of nitrogens with zero attached hydrogens (tertiary/aromatic N) is 5. The van der Waals surface area contributed by atoms with Gasteiger partial charge in [-0.25, -0.2) is 0 Å². The van der Waals surface area contributed by atoms with E-state index in [4.69, 9.17) is 14.0 Å². The Morgan fingerprint density at radius 3 is 2.74 bits per heavy atom. The van der Waals surface area contributed by atoms with E-state index in [1.807, 2.05) is 18.2 Å². The number of carbonyl (C=O) groups excluding carboxylic acids is 2. The van der Waals surface area contributed by atoms with Crippen molar-refractivity contribution in [2.24, 2.45) is 0 Å². The lowest BCUT2D eigenvalue weighted by atomic mass is 10.2. The van der Waals surface area contributed by atoms with E-state index in [0.717, 1.165) is 5.13 Å². The molecule has 178 valence electrons. The zero-order valence-corrected chi connectivity index (χ0v) is 19.9. The van der Waals surface area contributed by atoms with Crippen LogP contribution in [0, 0.1) is 6.92 Å². The Kier molecular flexibility index (Phi) is 6.54. The standard InChI is InChI=1S/C21H22N6O5S2/c1-13-10-17(25-32-13)22-18(28)12-33-21-24-23-20(34-21)27-8-6-26(7-9-27)19(29)16-11-30-14-4-2-3-5-15(14)31-16/h2-5,10,16H,6-9,11-12H2,1H3,(H,22,25,28). The Balaban J connectivity index is 1.09. The molecule has 2 aliphatic rings. The fraction of sp³-hybridized carbons (Fsp3) is 0.381. The number of aryl methyl sites for hydroxylation is 1. The summed E-state index contributed by atoms with van der Waals surface area (Å²) in [5.41, 5.74) is 0. The number of hydrogen-bond acceptors (Lipinski definition) is 11. The highest BCUT2D eigenvalue weighted by molar-refractivity contribution is 8.01. The number of para-hydroxylation sites is 2. The molecule has 1 fully saturated rings. The zero-order chi connectivity index (χ0) is 23.5. The third-order valence-corrected chi connectivity index (χ3v) is 7.38. The second-order valence-corrected chi connectivity index (χ2v) is 9.87. The highest BCUT2D eigenvalue weighted by Crippen LogP contribution is 2.32. The van der Waals surface area contributed by atoms with Gasteiger partial charge in [0.2, 0.25) is 17.1 Å². The van der Waals surface area contributed by atoms with Gasteiger partial charge in [0.15, 0.2) is 21.7 Å². The molecule has 0 saturated carbocycles. The van der Waals surface area contributed by atoms with Crippen molar-refractivity contribution in [3.8, 4) is 11.5 Å². The van der Waals surface area contributed by atoms with E-state index >= 15 is 0 Å². The number of ether oxygens (including phenoxy) is 2. The minimum absolute atomic E-state index is 0.0732. The first-order valence-corrected chi connectivity index (χ1v) is 12.5. The number of rotatable bonds is 6. The van der Waals surface area contributed by atoms with Crippen molar-refractivity contribution in [3.63, 3.8) is 0 Å². The molecule has 1 N–H and O–H groups in total. The van der Waals surface area contributed by atoms with Crippen LogP contribution in [0.5, 0.6) is 11.5 Å². The van der Waals surface area contributed by atoms with Crippen LogP contribution in [0.2, 0.25) is 0 Å². The summed E-state index contributed by atoms with van der Waals surface area (Å²) >= 11 is 2.74. The minimum Gasteiger partial charge on any atom is -0.485 e. The molecular weight excluding hydrogens is 480 g/mol. The zero-order valence-electron chi connectivity index (χ0n) is 18.3. The van der Waals surface area contributed by atoms with E-state index in [-0.39, 0.29) is 24.2 Å². The van der Waals surface area contributed by atoms with Gasteiger partial charge in [0.25, 0.3) is 5.91 Å². The van der Waals surface area contributed by atoms with Crippen LogP contribution in [0.4, 0.5) is 10.9 Å². The topological polar surface area (TPSA) is 123 Å². The summed E-state index contributed by atoms with van der Waals surface area (Å²) in [6.07, 6.45) is -0.640. The summed E-state index contributed by atoms with van der Waals surface area (Å²) in [4.78, 5) is 28.9. The molecule has 3 aromatic rings. The molecule has 0 radical (unpaired) electrons. The maximum absolute atomic E-state index is 12.9. The van der Waals surface area contributed by atoms with Crippen LogP contribution in [0.1, 0.15) is 5.76 Å². The second kappa shape index (κ2) is 9.89. The monoisotopic (exact) mass is 502 g/mol. The van der Waals surface area contributed by atoms with Crippen molar-refractivity contribution >= 4 is 45.9 Å². The average Bonchev–Trinajstić information content (AvgIpc) is 3.51. The van der Waals surface area contributed by atoms with Gasteiger partial charge in [-0.1, -0.05) is 40.4 Å². The van der Waals surface area contributed by atoms with Crippen molar-refractivity contribution in [1.29, 1.82) is 0 Å². The normalized spacial score (nSPS) is 17.5. The van der Waals surface area contributed by atoms with Gasteiger partial charge in [0, 0.05) is 32.2 Å². The Hall–Kier alpha value is -3.32.